The Hall–Kier alpha value is -1.33. The molecular formula is C14H19N3S2. The van der Waals surface area contributed by atoms with Crippen LogP contribution in [0.15, 0.2) is 28.6 Å². The summed E-state index contributed by atoms with van der Waals surface area (Å²) in [5.74, 6) is 0.846. The van der Waals surface area contributed by atoms with Crippen LogP contribution < -0.4 is 10.6 Å². The lowest BCUT2D eigenvalue weighted by molar-refractivity contribution is 0.820. The minimum absolute atomic E-state index is 0.821. The second-order valence-electron chi connectivity index (χ2n) is 4.32. The number of nitrogens with zero attached hydrogens (tertiary/aromatic N) is 1. The second-order valence-corrected chi connectivity index (χ2v) is 6.69. The monoisotopic (exact) mass is 293 g/mol. The van der Waals surface area contributed by atoms with E-state index in [9.17, 15) is 0 Å². The molecule has 2 heterocycles. The van der Waals surface area contributed by atoms with E-state index in [1.807, 2.05) is 11.3 Å². The van der Waals surface area contributed by atoms with Gasteiger partial charge in [0.15, 0.2) is 5.96 Å². The molecule has 5 heteroatoms. The predicted molar refractivity (Wildman–Crippen MR) is 85.2 cm³/mol. The normalized spacial score (nSPS) is 11.6. The number of thiophene rings is 2. The summed E-state index contributed by atoms with van der Waals surface area (Å²) in [6.07, 6.45) is 0. The zero-order valence-electron chi connectivity index (χ0n) is 11.5. The molecule has 0 saturated heterocycles. The highest BCUT2D eigenvalue weighted by atomic mass is 32.1. The molecule has 0 fully saturated rings. The van der Waals surface area contributed by atoms with Crippen LogP contribution in [-0.4, -0.2) is 13.0 Å². The standard InChI is InChI=1S/C14H19N3S2/c1-10-6-7-18-13(10)9-17-14(15-3)16-8-12-5-4-11(2)19-12/h4-7H,8-9H2,1-3H3,(H2,15,16,17). The molecule has 0 aromatic carbocycles. The molecule has 2 aromatic heterocycles. The van der Waals surface area contributed by atoms with E-state index < -0.39 is 0 Å². The summed E-state index contributed by atoms with van der Waals surface area (Å²) in [6.45, 7) is 5.91. The van der Waals surface area contributed by atoms with Gasteiger partial charge in [-0.2, -0.15) is 0 Å². The van der Waals surface area contributed by atoms with Gasteiger partial charge in [-0.15, -0.1) is 22.7 Å². The van der Waals surface area contributed by atoms with Crippen LogP contribution in [0, 0.1) is 13.8 Å². The predicted octanol–water partition coefficient (Wildman–Crippen LogP) is 3.29. The molecule has 102 valence electrons. The smallest absolute Gasteiger partial charge is 0.191 e. The van der Waals surface area contributed by atoms with Crippen LogP contribution in [0.2, 0.25) is 0 Å². The summed E-state index contributed by atoms with van der Waals surface area (Å²) in [4.78, 5) is 8.27. The molecule has 2 aromatic rings. The summed E-state index contributed by atoms with van der Waals surface area (Å²) >= 11 is 3.59. The van der Waals surface area contributed by atoms with E-state index in [-0.39, 0.29) is 0 Å². The number of hydrogen-bond acceptors (Lipinski definition) is 3. The summed E-state index contributed by atoms with van der Waals surface area (Å²) in [5, 5.41) is 8.80. The summed E-state index contributed by atoms with van der Waals surface area (Å²) < 4.78 is 0. The molecule has 0 amide bonds. The summed E-state index contributed by atoms with van der Waals surface area (Å²) in [6, 6.07) is 6.45. The Morgan fingerprint density at radius 2 is 1.95 bits per heavy atom. The molecule has 0 aliphatic rings. The van der Waals surface area contributed by atoms with Crippen LogP contribution in [0.1, 0.15) is 20.2 Å². The molecule has 19 heavy (non-hydrogen) atoms. The Morgan fingerprint density at radius 1 is 1.16 bits per heavy atom. The van der Waals surface area contributed by atoms with Crippen molar-refractivity contribution in [3.63, 3.8) is 0 Å². The fourth-order valence-electron chi connectivity index (χ4n) is 1.72. The van der Waals surface area contributed by atoms with Gasteiger partial charge in [-0.25, -0.2) is 0 Å². The number of guanidine groups is 1. The molecular weight excluding hydrogens is 274 g/mol. The third-order valence-electron chi connectivity index (χ3n) is 2.83. The van der Waals surface area contributed by atoms with Crippen molar-refractivity contribution < 1.29 is 0 Å². The van der Waals surface area contributed by atoms with Gasteiger partial charge in [0.2, 0.25) is 0 Å². The maximum atomic E-state index is 4.24. The van der Waals surface area contributed by atoms with Crippen molar-refractivity contribution in [3.05, 3.63) is 43.8 Å². The first-order chi connectivity index (χ1) is 9.19. The maximum absolute atomic E-state index is 4.24. The molecule has 0 bridgehead atoms. The topological polar surface area (TPSA) is 36.4 Å². The zero-order chi connectivity index (χ0) is 13.7. The fourth-order valence-corrected chi connectivity index (χ4v) is 3.40. The van der Waals surface area contributed by atoms with E-state index in [1.54, 1.807) is 18.4 Å². The van der Waals surface area contributed by atoms with E-state index in [0.717, 1.165) is 19.0 Å². The maximum Gasteiger partial charge on any atom is 0.191 e. The van der Waals surface area contributed by atoms with Crippen LogP contribution in [0.3, 0.4) is 0 Å². The Labute approximate surface area is 122 Å². The average molecular weight is 293 g/mol. The van der Waals surface area contributed by atoms with Gasteiger partial charge >= 0.3 is 0 Å². The molecule has 0 aliphatic heterocycles. The highest BCUT2D eigenvalue weighted by molar-refractivity contribution is 7.11. The molecule has 0 aliphatic carbocycles. The molecule has 0 spiro atoms. The number of rotatable bonds is 4. The lowest BCUT2D eigenvalue weighted by Gasteiger charge is -2.10. The minimum atomic E-state index is 0.821. The van der Waals surface area contributed by atoms with Gasteiger partial charge in [-0.1, -0.05) is 0 Å². The number of nitrogens with one attached hydrogen (secondary N) is 2. The van der Waals surface area contributed by atoms with Crippen molar-refractivity contribution in [1.82, 2.24) is 10.6 Å². The lowest BCUT2D eigenvalue weighted by atomic mass is 10.3. The van der Waals surface area contributed by atoms with Crippen LogP contribution >= 0.6 is 22.7 Å². The number of hydrogen-bond donors (Lipinski definition) is 2. The minimum Gasteiger partial charge on any atom is -0.352 e. The SMILES string of the molecule is CN=C(NCc1ccc(C)s1)NCc1sccc1C. The molecule has 0 unspecified atom stereocenters. The van der Waals surface area contributed by atoms with Gasteiger partial charge in [0, 0.05) is 21.7 Å². The Morgan fingerprint density at radius 3 is 2.53 bits per heavy atom. The van der Waals surface area contributed by atoms with Crippen molar-refractivity contribution in [3.8, 4) is 0 Å². The van der Waals surface area contributed by atoms with Gasteiger partial charge < -0.3 is 10.6 Å². The van der Waals surface area contributed by atoms with E-state index in [2.05, 4.69) is 53.1 Å². The van der Waals surface area contributed by atoms with Crippen molar-refractivity contribution in [1.29, 1.82) is 0 Å². The van der Waals surface area contributed by atoms with Crippen molar-refractivity contribution >= 4 is 28.6 Å². The summed E-state index contributed by atoms with van der Waals surface area (Å²) in [7, 11) is 1.80. The highest BCUT2D eigenvalue weighted by Gasteiger charge is 2.03. The van der Waals surface area contributed by atoms with Crippen molar-refractivity contribution in [2.24, 2.45) is 4.99 Å². The first kappa shape index (κ1) is 14.1. The van der Waals surface area contributed by atoms with E-state index in [1.165, 1.54) is 20.2 Å². The number of aryl methyl sites for hydroxylation is 2. The lowest BCUT2D eigenvalue weighted by Crippen LogP contribution is -2.36. The Bertz CT molecular complexity index is 555. The third-order valence-corrected chi connectivity index (χ3v) is 4.86. The second kappa shape index (κ2) is 6.73. The van der Waals surface area contributed by atoms with Crippen molar-refractivity contribution in [2.75, 3.05) is 7.05 Å². The Kier molecular flexibility index (Phi) is 4.99. The van der Waals surface area contributed by atoms with Crippen molar-refractivity contribution in [2.45, 2.75) is 26.9 Å². The quantitative estimate of drug-likeness (QED) is 0.670. The molecule has 0 radical (unpaired) electrons. The highest BCUT2D eigenvalue weighted by Crippen LogP contribution is 2.15. The summed E-state index contributed by atoms with van der Waals surface area (Å²) in [5.41, 5.74) is 1.34. The van der Waals surface area contributed by atoms with Gasteiger partial charge in [0.1, 0.15) is 0 Å². The van der Waals surface area contributed by atoms with E-state index >= 15 is 0 Å². The van der Waals surface area contributed by atoms with Gasteiger partial charge in [0.05, 0.1) is 13.1 Å². The van der Waals surface area contributed by atoms with Crippen LogP contribution in [0.4, 0.5) is 0 Å². The zero-order valence-corrected chi connectivity index (χ0v) is 13.1. The first-order valence-electron chi connectivity index (χ1n) is 6.22. The van der Waals surface area contributed by atoms with Crippen LogP contribution in [0.25, 0.3) is 0 Å². The van der Waals surface area contributed by atoms with Crippen LogP contribution in [0.5, 0.6) is 0 Å². The molecule has 0 atom stereocenters. The molecule has 3 nitrogen and oxygen atoms in total. The van der Waals surface area contributed by atoms with Gasteiger partial charge in [-0.3, -0.25) is 4.99 Å². The third kappa shape index (κ3) is 4.08. The largest absolute Gasteiger partial charge is 0.352 e. The van der Waals surface area contributed by atoms with Gasteiger partial charge in [-0.05, 0) is 43.0 Å². The number of aliphatic imine (C=N–C) groups is 1. The molecule has 2 rings (SSSR count). The molecule has 2 N–H and O–H groups in total. The van der Waals surface area contributed by atoms with E-state index in [0.29, 0.717) is 0 Å². The fraction of sp³-hybridized carbons (Fsp3) is 0.357. The average Bonchev–Trinajstić information content (AvgIpc) is 2.99. The Balaban J connectivity index is 1.82. The van der Waals surface area contributed by atoms with Gasteiger partial charge in [0.25, 0.3) is 0 Å². The molecule has 0 saturated carbocycles. The van der Waals surface area contributed by atoms with Crippen LogP contribution in [-0.2, 0) is 13.1 Å². The van der Waals surface area contributed by atoms with E-state index in [4.69, 9.17) is 0 Å². The first-order valence-corrected chi connectivity index (χ1v) is 7.91.